The number of nitrogens with one attached hydrogen (secondary N) is 2. The maximum absolute atomic E-state index is 12.7. The Morgan fingerprint density at radius 2 is 1.94 bits per heavy atom. The zero-order valence-electron chi connectivity index (χ0n) is 16.4. The number of phenolic OH excluding ortho intramolecular Hbond substituents is 1. The van der Waals surface area contributed by atoms with Crippen LogP contribution in [0.5, 0.6) is 5.75 Å². The Morgan fingerprint density at radius 3 is 2.59 bits per heavy atom. The molecule has 0 fully saturated rings. The lowest BCUT2D eigenvalue weighted by molar-refractivity contribution is -0.137. The molecule has 0 spiro atoms. The fourth-order valence-electron chi connectivity index (χ4n) is 2.66. The van der Waals surface area contributed by atoms with Gasteiger partial charge in [-0.25, -0.2) is 4.98 Å². The van der Waals surface area contributed by atoms with E-state index in [0.717, 1.165) is 16.8 Å². The van der Waals surface area contributed by atoms with Crippen molar-refractivity contribution in [3.8, 4) is 11.6 Å². The van der Waals surface area contributed by atoms with Crippen molar-refractivity contribution in [3.05, 3.63) is 75.3 Å². The second-order valence-electron chi connectivity index (χ2n) is 6.58. The van der Waals surface area contributed by atoms with Crippen LogP contribution in [0.1, 0.15) is 22.3 Å². The molecule has 0 aliphatic heterocycles. The monoisotopic (exact) mass is 467 g/mol. The highest BCUT2D eigenvalue weighted by molar-refractivity contribution is 6.32. The molecule has 2 aromatic heterocycles. The van der Waals surface area contributed by atoms with Crippen LogP contribution in [0.3, 0.4) is 0 Å². The predicted molar refractivity (Wildman–Crippen MR) is 111 cm³/mol. The number of carbonyl (C=O) groups excluding carboxylic acids is 1. The molecule has 3 aromatic rings. The van der Waals surface area contributed by atoms with E-state index in [2.05, 4.69) is 20.7 Å². The Bertz CT molecular complexity index is 1170. The Hall–Kier alpha value is -3.60. The van der Waals surface area contributed by atoms with Crippen molar-refractivity contribution in [2.45, 2.75) is 12.6 Å². The predicted octanol–water partition coefficient (Wildman–Crippen LogP) is 3.24. The van der Waals surface area contributed by atoms with Crippen LogP contribution in [0.25, 0.3) is 5.82 Å². The van der Waals surface area contributed by atoms with Crippen molar-refractivity contribution in [2.75, 3.05) is 18.4 Å². The summed E-state index contributed by atoms with van der Waals surface area (Å²) in [6.45, 7) is 0.669. The first-order chi connectivity index (χ1) is 15.2. The number of hydrogen-bond acceptors (Lipinski definition) is 6. The van der Waals surface area contributed by atoms with Gasteiger partial charge in [-0.1, -0.05) is 17.7 Å². The van der Waals surface area contributed by atoms with Crippen molar-refractivity contribution in [1.82, 2.24) is 20.1 Å². The number of hydrogen-bond donors (Lipinski definition) is 3. The quantitative estimate of drug-likeness (QED) is 0.460. The summed E-state index contributed by atoms with van der Waals surface area (Å²) in [6.07, 6.45) is -2.19. The normalized spacial score (nSPS) is 11.2. The molecule has 8 nitrogen and oxygen atoms in total. The SMILES string of the molecule is O=C(NCCCNc1cnn(-c2ccc(C(F)(F)F)cn2)c(=O)c1Cl)c1cccc(O)c1. The molecule has 3 N–H and O–H groups in total. The van der Waals surface area contributed by atoms with Gasteiger partial charge in [0.1, 0.15) is 10.8 Å². The van der Waals surface area contributed by atoms with Crippen LogP contribution < -0.4 is 16.2 Å². The highest BCUT2D eigenvalue weighted by Gasteiger charge is 2.30. The summed E-state index contributed by atoms with van der Waals surface area (Å²) >= 11 is 6.07. The van der Waals surface area contributed by atoms with Gasteiger partial charge in [-0.15, -0.1) is 0 Å². The first-order valence-electron chi connectivity index (χ1n) is 9.29. The second-order valence-corrected chi connectivity index (χ2v) is 6.96. The first kappa shape index (κ1) is 23.1. The number of benzene rings is 1. The van der Waals surface area contributed by atoms with Gasteiger partial charge in [-0.2, -0.15) is 23.0 Å². The highest BCUT2D eigenvalue weighted by atomic mass is 35.5. The van der Waals surface area contributed by atoms with E-state index in [1.165, 1.54) is 18.3 Å². The third kappa shape index (κ3) is 5.55. The summed E-state index contributed by atoms with van der Waals surface area (Å²) < 4.78 is 38.7. The van der Waals surface area contributed by atoms with Gasteiger partial charge in [0.15, 0.2) is 5.82 Å². The van der Waals surface area contributed by atoms with Gasteiger partial charge in [0.05, 0.1) is 17.4 Å². The highest BCUT2D eigenvalue weighted by Crippen LogP contribution is 2.28. The number of alkyl halides is 3. The standard InChI is InChI=1S/C20H17ClF3N5O3/c21-17-15(25-7-2-8-26-18(31)12-3-1-4-14(30)9-12)11-28-29(19(17)32)16-6-5-13(10-27-16)20(22,23)24/h1,3-6,9-11,25,30H,2,7-8H2,(H,26,31). The van der Waals surface area contributed by atoms with Crippen LogP contribution in [-0.4, -0.2) is 38.9 Å². The molecule has 0 aliphatic rings. The van der Waals surface area contributed by atoms with Crippen LogP contribution in [-0.2, 0) is 6.18 Å². The minimum absolute atomic E-state index is 0.0114. The Balaban J connectivity index is 1.56. The van der Waals surface area contributed by atoms with Gasteiger partial charge in [0, 0.05) is 24.8 Å². The van der Waals surface area contributed by atoms with Crippen molar-refractivity contribution >= 4 is 23.2 Å². The summed E-state index contributed by atoms with van der Waals surface area (Å²) in [6, 6.07) is 7.75. The van der Waals surface area contributed by atoms with Gasteiger partial charge < -0.3 is 15.7 Å². The van der Waals surface area contributed by atoms with E-state index < -0.39 is 17.3 Å². The molecule has 32 heavy (non-hydrogen) atoms. The third-order valence-electron chi connectivity index (χ3n) is 4.27. The van der Waals surface area contributed by atoms with Crippen molar-refractivity contribution in [3.63, 3.8) is 0 Å². The maximum atomic E-state index is 12.7. The number of pyridine rings is 1. The average Bonchev–Trinajstić information content (AvgIpc) is 2.76. The summed E-state index contributed by atoms with van der Waals surface area (Å²) in [4.78, 5) is 28.0. The Morgan fingerprint density at radius 1 is 1.16 bits per heavy atom. The number of phenols is 1. The molecule has 0 saturated heterocycles. The number of aromatic hydroxyl groups is 1. The van der Waals surface area contributed by atoms with Crippen LogP contribution in [0.15, 0.2) is 53.6 Å². The number of halogens is 4. The molecule has 0 unspecified atom stereocenters. The minimum atomic E-state index is -4.54. The van der Waals surface area contributed by atoms with Gasteiger partial charge in [-0.3, -0.25) is 9.59 Å². The fourth-order valence-corrected chi connectivity index (χ4v) is 2.86. The topological polar surface area (TPSA) is 109 Å². The van der Waals surface area contributed by atoms with E-state index in [1.54, 1.807) is 12.1 Å². The van der Waals surface area contributed by atoms with Crippen LogP contribution >= 0.6 is 11.6 Å². The summed E-state index contributed by atoms with van der Waals surface area (Å²) in [5.41, 5.74) is -1.14. The molecule has 0 aliphatic carbocycles. The number of nitrogens with zero attached hydrogens (tertiary/aromatic N) is 3. The molecule has 1 amide bonds. The molecule has 12 heteroatoms. The van der Waals surface area contributed by atoms with Gasteiger partial charge in [0.2, 0.25) is 0 Å². The Kier molecular flexibility index (Phi) is 6.98. The van der Waals surface area contributed by atoms with E-state index in [-0.39, 0.29) is 28.2 Å². The lowest BCUT2D eigenvalue weighted by Crippen LogP contribution is -2.26. The average molecular weight is 468 g/mol. The van der Waals surface area contributed by atoms with E-state index in [4.69, 9.17) is 11.6 Å². The number of rotatable bonds is 7. The molecule has 168 valence electrons. The molecular formula is C20H17ClF3N5O3. The number of aromatic nitrogens is 3. The molecule has 1 aromatic carbocycles. The van der Waals surface area contributed by atoms with E-state index >= 15 is 0 Å². The smallest absolute Gasteiger partial charge is 0.417 e. The molecule has 3 rings (SSSR count). The van der Waals surface area contributed by atoms with Gasteiger partial charge in [-0.05, 0) is 36.8 Å². The first-order valence-corrected chi connectivity index (χ1v) is 9.67. The molecule has 2 heterocycles. The summed E-state index contributed by atoms with van der Waals surface area (Å²) in [7, 11) is 0. The van der Waals surface area contributed by atoms with E-state index in [9.17, 15) is 27.9 Å². The number of anilines is 1. The van der Waals surface area contributed by atoms with Gasteiger partial charge in [0.25, 0.3) is 11.5 Å². The molecule has 0 bridgehead atoms. The summed E-state index contributed by atoms with van der Waals surface area (Å²) in [5.74, 6) is -0.457. The lowest BCUT2D eigenvalue weighted by Gasteiger charge is -2.11. The molecule has 0 saturated carbocycles. The lowest BCUT2D eigenvalue weighted by atomic mass is 10.2. The second kappa shape index (κ2) is 9.69. The minimum Gasteiger partial charge on any atom is -0.508 e. The van der Waals surface area contributed by atoms with Gasteiger partial charge >= 0.3 is 6.18 Å². The maximum Gasteiger partial charge on any atom is 0.417 e. The number of amides is 1. The van der Waals surface area contributed by atoms with Crippen molar-refractivity contribution in [2.24, 2.45) is 0 Å². The molecular weight excluding hydrogens is 451 g/mol. The van der Waals surface area contributed by atoms with Crippen molar-refractivity contribution in [1.29, 1.82) is 0 Å². The fraction of sp³-hybridized carbons (Fsp3) is 0.200. The zero-order chi connectivity index (χ0) is 23.3. The number of carbonyl (C=O) groups is 1. The molecule has 0 radical (unpaired) electrons. The Labute approximate surface area is 184 Å². The van der Waals surface area contributed by atoms with E-state index in [1.807, 2.05) is 0 Å². The third-order valence-corrected chi connectivity index (χ3v) is 4.64. The van der Waals surface area contributed by atoms with Crippen LogP contribution in [0, 0.1) is 0 Å². The van der Waals surface area contributed by atoms with E-state index in [0.29, 0.717) is 31.3 Å². The van der Waals surface area contributed by atoms with Crippen molar-refractivity contribution < 1.29 is 23.1 Å². The van der Waals surface area contributed by atoms with Crippen LogP contribution in [0.2, 0.25) is 5.02 Å². The largest absolute Gasteiger partial charge is 0.508 e. The zero-order valence-corrected chi connectivity index (χ0v) is 17.1. The van der Waals surface area contributed by atoms with Crippen LogP contribution in [0.4, 0.5) is 18.9 Å². The molecule has 0 atom stereocenters. The summed E-state index contributed by atoms with van der Waals surface area (Å²) in [5, 5.41) is 18.7.